The molecule has 0 saturated heterocycles. The average Bonchev–Trinajstić information content (AvgIpc) is 3.04. The Morgan fingerprint density at radius 2 is 1.91 bits per heavy atom. The molecule has 5 nitrogen and oxygen atoms in total. The summed E-state index contributed by atoms with van der Waals surface area (Å²) in [6.07, 6.45) is -2.73. The van der Waals surface area contributed by atoms with Crippen LogP contribution in [0.15, 0.2) is 39.4 Å². The summed E-state index contributed by atoms with van der Waals surface area (Å²) in [4.78, 5) is 0. The minimum absolute atomic E-state index is 0.00125. The maximum absolute atomic E-state index is 12.7. The lowest BCUT2D eigenvalue weighted by atomic mass is 10.1. The van der Waals surface area contributed by atoms with Gasteiger partial charge in [0.25, 0.3) is 5.89 Å². The Kier molecular flexibility index (Phi) is 3.51. The van der Waals surface area contributed by atoms with E-state index in [0.29, 0.717) is 10.2 Å². The second kappa shape index (κ2) is 5.24. The predicted octanol–water partition coefficient (Wildman–Crippen LogP) is 3.92. The Hall–Kier alpha value is -2.16. The summed E-state index contributed by atoms with van der Waals surface area (Å²) in [7, 11) is 1.72. The van der Waals surface area contributed by atoms with E-state index in [0.717, 1.165) is 12.1 Å². The third-order valence-corrected chi connectivity index (χ3v) is 3.43. The van der Waals surface area contributed by atoms with Crippen LogP contribution in [0.2, 0.25) is 0 Å². The van der Waals surface area contributed by atoms with Crippen LogP contribution in [0.5, 0.6) is 0 Å². The molecule has 0 unspecified atom stereocenters. The van der Waals surface area contributed by atoms with Gasteiger partial charge >= 0.3 is 6.18 Å². The molecular formula is C13H8BrF3N4O. The highest BCUT2D eigenvalue weighted by molar-refractivity contribution is 9.10. The van der Waals surface area contributed by atoms with Crippen molar-refractivity contribution in [3.05, 3.63) is 40.5 Å². The van der Waals surface area contributed by atoms with Crippen LogP contribution >= 0.6 is 15.9 Å². The highest BCUT2D eigenvalue weighted by Crippen LogP contribution is 2.33. The minimum atomic E-state index is -4.43. The van der Waals surface area contributed by atoms with Crippen molar-refractivity contribution >= 4 is 15.9 Å². The minimum Gasteiger partial charge on any atom is -0.414 e. The van der Waals surface area contributed by atoms with Gasteiger partial charge in [-0.2, -0.15) is 18.3 Å². The van der Waals surface area contributed by atoms with Crippen LogP contribution in [0, 0.1) is 0 Å². The summed E-state index contributed by atoms with van der Waals surface area (Å²) in [5.74, 6) is 0.124. The summed E-state index contributed by atoms with van der Waals surface area (Å²) >= 11 is 3.30. The Labute approximate surface area is 130 Å². The maximum atomic E-state index is 12.7. The summed E-state index contributed by atoms with van der Waals surface area (Å²) in [5, 5.41) is 11.7. The molecule has 2 aromatic heterocycles. The largest absolute Gasteiger partial charge is 0.416 e. The molecule has 0 aliphatic heterocycles. The van der Waals surface area contributed by atoms with Gasteiger partial charge in [-0.3, -0.25) is 4.68 Å². The van der Waals surface area contributed by atoms with E-state index < -0.39 is 11.7 Å². The Balaban J connectivity index is 1.99. The Morgan fingerprint density at radius 3 is 2.55 bits per heavy atom. The van der Waals surface area contributed by atoms with Gasteiger partial charge in [0, 0.05) is 18.8 Å². The molecular weight excluding hydrogens is 365 g/mol. The van der Waals surface area contributed by atoms with Gasteiger partial charge in [-0.1, -0.05) is 6.07 Å². The van der Waals surface area contributed by atoms with Crippen molar-refractivity contribution < 1.29 is 17.6 Å². The molecule has 3 rings (SSSR count). The quantitative estimate of drug-likeness (QED) is 0.684. The Bertz CT molecular complexity index is 825. The molecule has 0 amide bonds. The zero-order chi connectivity index (χ0) is 15.9. The number of hydrogen-bond donors (Lipinski definition) is 0. The van der Waals surface area contributed by atoms with Gasteiger partial charge in [0.1, 0.15) is 0 Å². The fourth-order valence-electron chi connectivity index (χ4n) is 1.87. The van der Waals surface area contributed by atoms with Gasteiger partial charge in [-0.05, 0) is 34.1 Å². The first-order valence-corrected chi connectivity index (χ1v) is 6.84. The third-order valence-electron chi connectivity index (χ3n) is 2.85. The number of halogens is 4. The van der Waals surface area contributed by atoms with Crippen LogP contribution in [0.1, 0.15) is 5.56 Å². The molecule has 22 heavy (non-hydrogen) atoms. The molecule has 0 spiro atoms. The maximum Gasteiger partial charge on any atom is 0.416 e. The number of nitrogens with zero attached hydrogens (tertiary/aromatic N) is 4. The van der Waals surface area contributed by atoms with Crippen LogP contribution < -0.4 is 0 Å². The van der Waals surface area contributed by atoms with Crippen LogP contribution in [0.25, 0.3) is 23.0 Å². The second-order valence-corrected chi connectivity index (χ2v) is 5.34. The van der Waals surface area contributed by atoms with Crippen molar-refractivity contribution in [2.45, 2.75) is 6.18 Å². The van der Waals surface area contributed by atoms with Crippen molar-refractivity contribution in [3.63, 3.8) is 0 Å². The highest BCUT2D eigenvalue weighted by Gasteiger charge is 2.31. The van der Waals surface area contributed by atoms with Gasteiger partial charge in [0.2, 0.25) is 5.89 Å². The van der Waals surface area contributed by atoms with Gasteiger partial charge in [0.05, 0.1) is 10.0 Å². The standard InChI is InChI=1S/C13H8BrF3N4O/c1-21-6-9(14)10(20-21)12-19-18-11(22-12)7-3-2-4-8(5-7)13(15,16)17/h2-6H,1H3. The number of aromatic nitrogens is 4. The van der Waals surface area contributed by atoms with Crippen LogP contribution in [-0.2, 0) is 13.2 Å². The van der Waals surface area contributed by atoms with Crippen molar-refractivity contribution in [2.75, 3.05) is 0 Å². The van der Waals surface area contributed by atoms with E-state index in [4.69, 9.17) is 4.42 Å². The van der Waals surface area contributed by atoms with E-state index in [9.17, 15) is 13.2 Å². The van der Waals surface area contributed by atoms with Crippen molar-refractivity contribution in [2.24, 2.45) is 7.05 Å². The molecule has 0 aliphatic rings. The number of alkyl halides is 3. The van der Waals surface area contributed by atoms with E-state index in [2.05, 4.69) is 31.2 Å². The molecule has 1 aromatic carbocycles. The fourth-order valence-corrected chi connectivity index (χ4v) is 2.41. The number of aryl methyl sites for hydroxylation is 1. The molecule has 0 fully saturated rings. The summed E-state index contributed by atoms with van der Waals surface area (Å²) in [6, 6.07) is 4.71. The number of benzene rings is 1. The van der Waals surface area contributed by atoms with Crippen molar-refractivity contribution in [3.8, 4) is 23.0 Å². The molecule has 3 aromatic rings. The van der Waals surface area contributed by atoms with Crippen molar-refractivity contribution in [1.82, 2.24) is 20.0 Å². The molecule has 0 bridgehead atoms. The topological polar surface area (TPSA) is 56.7 Å². The SMILES string of the molecule is Cn1cc(Br)c(-c2nnc(-c3cccc(C(F)(F)F)c3)o2)n1. The fraction of sp³-hybridized carbons (Fsp3) is 0.154. The van der Waals surface area contributed by atoms with E-state index in [1.807, 2.05) is 0 Å². The summed E-state index contributed by atoms with van der Waals surface area (Å²) in [5.41, 5.74) is -0.155. The zero-order valence-corrected chi connectivity index (χ0v) is 12.7. The molecule has 0 saturated carbocycles. The monoisotopic (exact) mass is 372 g/mol. The van der Waals surface area contributed by atoms with Crippen LogP contribution in [0.3, 0.4) is 0 Å². The summed E-state index contributed by atoms with van der Waals surface area (Å²) < 4.78 is 45.8. The zero-order valence-electron chi connectivity index (χ0n) is 11.1. The molecule has 9 heteroatoms. The van der Waals surface area contributed by atoms with E-state index in [1.54, 1.807) is 17.9 Å². The van der Waals surface area contributed by atoms with Gasteiger partial charge in [-0.15, -0.1) is 10.2 Å². The summed E-state index contributed by atoms with van der Waals surface area (Å²) in [6.45, 7) is 0. The van der Waals surface area contributed by atoms with Crippen LogP contribution in [-0.4, -0.2) is 20.0 Å². The van der Waals surface area contributed by atoms with Gasteiger partial charge in [0.15, 0.2) is 5.69 Å². The lowest BCUT2D eigenvalue weighted by Gasteiger charge is -2.06. The van der Waals surface area contributed by atoms with Crippen LogP contribution in [0.4, 0.5) is 13.2 Å². The van der Waals surface area contributed by atoms with E-state index in [-0.39, 0.29) is 17.3 Å². The highest BCUT2D eigenvalue weighted by atomic mass is 79.9. The van der Waals surface area contributed by atoms with E-state index in [1.165, 1.54) is 12.1 Å². The lowest BCUT2D eigenvalue weighted by molar-refractivity contribution is -0.137. The third kappa shape index (κ3) is 2.76. The first-order valence-electron chi connectivity index (χ1n) is 6.05. The average molecular weight is 373 g/mol. The number of hydrogen-bond acceptors (Lipinski definition) is 4. The Morgan fingerprint density at radius 1 is 1.18 bits per heavy atom. The molecule has 0 N–H and O–H groups in total. The molecule has 0 radical (unpaired) electrons. The predicted molar refractivity (Wildman–Crippen MR) is 74.6 cm³/mol. The number of rotatable bonds is 2. The van der Waals surface area contributed by atoms with Gasteiger partial charge in [-0.25, -0.2) is 0 Å². The van der Waals surface area contributed by atoms with Gasteiger partial charge < -0.3 is 4.42 Å². The molecule has 0 aliphatic carbocycles. The lowest BCUT2D eigenvalue weighted by Crippen LogP contribution is -2.04. The molecule has 0 atom stereocenters. The molecule has 2 heterocycles. The smallest absolute Gasteiger partial charge is 0.414 e. The first kappa shape index (κ1) is 14.8. The van der Waals surface area contributed by atoms with E-state index >= 15 is 0 Å². The normalized spacial score (nSPS) is 11.9. The first-order chi connectivity index (χ1) is 10.3. The second-order valence-electron chi connectivity index (χ2n) is 4.49. The van der Waals surface area contributed by atoms with Crippen molar-refractivity contribution in [1.29, 1.82) is 0 Å². The molecule has 114 valence electrons.